The Kier molecular flexibility index (Phi) is 10.5. The highest BCUT2D eigenvalue weighted by Crippen LogP contribution is 2.64. The van der Waals surface area contributed by atoms with Crippen LogP contribution in [0.4, 0.5) is 0 Å². The first kappa shape index (κ1) is 24.9. The van der Waals surface area contributed by atoms with Crippen LogP contribution in [0.2, 0.25) is 0 Å². The summed E-state index contributed by atoms with van der Waals surface area (Å²) in [5.41, 5.74) is 2.06. The smallest absolute Gasteiger partial charge is 0.142 e. The lowest BCUT2D eigenvalue weighted by Crippen LogP contribution is -2.45. The fraction of sp³-hybridized carbons (Fsp3) is 0.741. The molecule has 3 rings (SSSR count). The molecule has 3 saturated carbocycles. The largest absolute Gasteiger partial charge is 0.299 e. The van der Waals surface area contributed by atoms with Gasteiger partial charge in [0.1, 0.15) is 6.29 Å². The molecule has 1 nitrogen and oxygen atoms in total. The van der Waals surface area contributed by atoms with E-state index in [1.54, 1.807) is 0 Å². The van der Waals surface area contributed by atoms with Crippen LogP contribution in [0.5, 0.6) is 0 Å². The highest BCUT2D eigenvalue weighted by molar-refractivity contribution is 5.66. The fourth-order valence-corrected chi connectivity index (χ4v) is 6.64. The van der Waals surface area contributed by atoms with Crippen LogP contribution in [0.1, 0.15) is 86.0 Å². The third-order valence-corrected chi connectivity index (χ3v) is 8.38. The Morgan fingerprint density at radius 3 is 2.32 bits per heavy atom. The molecule has 0 amide bonds. The molecule has 0 N–H and O–H groups in total. The lowest BCUT2D eigenvalue weighted by atomic mass is 9.52. The van der Waals surface area contributed by atoms with Crippen LogP contribution in [-0.2, 0) is 4.79 Å². The van der Waals surface area contributed by atoms with Gasteiger partial charge in [-0.15, -0.1) is 19.7 Å². The molecular formula is C27H46O. The molecule has 160 valence electrons. The van der Waals surface area contributed by atoms with E-state index < -0.39 is 0 Å². The Morgan fingerprint density at radius 1 is 1.14 bits per heavy atom. The van der Waals surface area contributed by atoms with Gasteiger partial charge in [-0.3, -0.25) is 4.79 Å². The minimum absolute atomic E-state index is 0.587. The highest BCUT2D eigenvalue weighted by Gasteiger charge is 2.56. The number of hydrogen-bond donors (Lipinski definition) is 0. The monoisotopic (exact) mass is 386 g/mol. The lowest BCUT2D eigenvalue weighted by molar-refractivity contribution is -0.104. The average molecular weight is 387 g/mol. The molecule has 0 saturated heterocycles. The Hall–Kier alpha value is -1.11. The van der Waals surface area contributed by atoms with Crippen LogP contribution in [0.15, 0.2) is 37.5 Å². The van der Waals surface area contributed by atoms with Crippen molar-refractivity contribution in [3.63, 3.8) is 0 Å². The van der Waals surface area contributed by atoms with Crippen LogP contribution >= 0.6 is 0 Å². The second kappa shape index (κ2) is 11.8. The van der Waals surface area contributed by atoms with Gasteiger partial charge in [-0.1, -0.05) is 52.7 Å². The van der Waals surface area contributed by atoms with Gasteiger partial charge in [0, 0.05) is 0 Å². The van der Waals surface area contributed by atoms with Crippen molar-refractivity contribution in [2.45, 2.75) is 86.0 Å². The first-order valence-electron chi connectivity index (χ1n) is 11.7. The van der Waals surface area contributed by atoms with E-state index in [-0.39, 0.29) is 0 Å². The third kappa shape index (κ3) is 5.08. The first-order chi connectivity index (χ1) is 13.4. The molecule has 0 spiro atoms. The molecule has 7 unspecified atom stereocenters. The Morgan fingerprint density at radius 2 is 1.79 bits per heavy atom. The zero-order chi connectivity index (χ0) is 21.3. The van der Waals surface area contributed by atoms with Crippen LogP contribution in [0, 0.1) is 40.9 Å². The van der Waals surface area contributed by atoms with Gasteiger partial charge < -0.3 is 0 Å². The summed E-state index contributed by atoms with van der Waals surface area (Å²) < 4.78 is 0. The van der Waals surface area contributed by atoms with E-state index in [1.807, 2.05) is 12.2 Å². The van der Waals surface area contributed by atoms with Gasteiger partial charge in [0.05, 0.1) is 0 Å². The topological polar surface area (TPSA) is 17.1 Å². The molecule has 0 bridgehead atoms. The average Bonchev–Trinajstić information content (AvgIpc) is 2.95. The minimum Gasteiger partial charge on any atom is -0.299 e. The van der Waals surface area contributed by atoms with E-state index in [0.29, 0.717) is 11.3 Å². The predicted molar refractivity (Wildman–Crippen MR) is 124 cm³/mol. The van der Waals surface area contributed by atoms with E-state index in [4.69, 9.17) is 0 Å². The van der Waals surface area contributed by atoms with Crippen molar-refractivity contribution < 1.29 is 4.79 Å². The number of hydrogen-bond acceptors (Lipinski definition) is 1. The normalized spacial score (nSPS) is 40.1. The molecular weight excluding hydrogens is 340 g/mol. The van der Waals surface area contributed by atoms with Crippen LogP contribution in [0.25, 0.3) is 0 Å². The number of aldehydes is 1. The minimum atomic E-state index is 0.587. The zero-order valence-electron chi connectivity index (χ0n) is 19.4. The number of fused-ring (bicyclic) bond motifs is 3. The molecule has 3 aliphatic rings. The molecule has 0 aromatic rings. The summed E-state index contributed by atoms with van der Waals surface area (Å²) in [5.74, 6) is 5.19. The van der Waals surface area contributed by atoms with Gasteiger partial charge in [-0.05, 0) is 91.9 Å². The van der Waals surface area contributed by atoms with Gasteiger partial charge in [0.25, 0.3) is 0 Å². The number of allylic oxidation sites excluding steroid dienone is 3. The maximum absolute atomic E-state index is 11.0. The molecule has 3 fully saturated rings. The second-order valence-corrected chi connectivity index (χ2v) is 9.49. The maximum atomic E-state index is 11.0. The Balaban J connectivity index is 0.000000583. The van der Waals surface area contributed by atoms with E-state index in [0.717, 1.165) is 42.3 Å². The highest BCUT2D eigenvalue weighted by atomic mass is 16.1. The number of carbonyl (C=O) groups excluding carboxylic acids is 1. The SMILES string of the molecule is C=C.C=CCC.CCCC1/C(=C\C=O)CCC2C1CCC1(C)C(C)C(C)CC21. The van der Waals surface area contributed by atoms with Crippen molar-refractivity contribution >= 4 is 6.29 Å². The first-order valence-corrected chi connectivity index (χ1v) is 11.7. The van der Waals surface area contributed by atoms with E-state index in [1.165, 1.54) is 50.5 Å². The van der Waals surface area contributed by atoms with Gasteiger partial charge in [0.2, 0.25) is 0 Å². The van der Waals surface area contributed by atoms with Crippen molar-refractivity contribution in [2.75, 3.05) is 0 Å². The number of rotatable bonds is 4. The quantitative estimate of drug-likeness (QED) is 0.271. The fourth-order valence-electron chi connectivity index (χ4n) is 6.64. The van der Waals surface area contributed by atoms with Crippen LogP contribution in [-0.4, -0.2) is 6.29 Å². The molecule has 3 aliphatic carbocycles. The standard InChI is InChI=1S/C21H34O.C4H8.C2H4/c1-5-6-17-16(10-12-22)7-8-19-18(17)9-11-21(4)15(3)14(2)13-20(19)21;1-3-4-2;1-2/h10,12,14-15,17-20H,5-9,11,13H2,1-4H3;3H,1,4H2,2H3;1-2H2/b16-10-;;. The Bertz CT molecular complexity index is 518. The molecule has 0 aromatic heterocycles. The summed E-state index contributed by atoms with van der Waals surface area (Å²) in [5, 5.41) is 0. The van der Waals surface area contributed by atoms with Crippen LogP contribution < -0.4 is 0 Å². The predicted octanol–water partition coefficient (Wildman–Crippen LogP) is 8.03. The molecule has 0 radical (unpaired) electrons. The third-order valence-electron chi connectivity index (χ3n) is 8.38. The molecule has 28 heavy (non-hydrogen) atoms. The maximum Gasteiger partial charge on any atom is 0.142 e. The summed E-state index contributed by atoms with van der Waals surface area (Å²) in [6.45, 7) is 21.4. The van der Waals surface area contributed by atoms with Crippen molar-refractivity contribution in [3.8, 4) is 0 Å². The van der Waals surface area contributed by atoms with Gasteiger partial charge in [-0.2, -0.15) is 0 Å². The zero-order valence-corrected chi connectivity index (χ0v) is 19.4. The summed E-state index contributed by atoms with van der Waals surface area (Å²) in [4.78, 5) is 11.0. The molecule has 0 aliphatic heterocycles. The summed E-state index contributed by atoms with van der Waals surface area (Å²) in [6, 6.07) is 0. The van der Waals surface area contributed by atoms with Crippen molar-refractivity contribution in [2.24, 2.45) is 40.9 Å². The molecule has 7 atom stereocenters. The van der Waals surface area contributed by atoms with Crippen LogP contribution in [0.3, 0.4) is 0 Å². The van der Waals surface area contributed by atoms with Crippen molar-refractivity contribution in [1.29, 1.82) is 0 Å². The molecule has 0 heterocycles. The summed E-state index contributed by atoms with van der Waals surface area (Å²) in [7, 11) is 0. The molecule has 0 aromatic carbocycles. The Labute approximate surface area is 175 Å². The second-order valence-electron chi connectivity index (χ2n) is 9.49. The van der Waals surface area contributed by atoms with Gasteiger partial charge in [-0.25, -0.2) is 0 Å². The number of carbonyl (C=O) groups is 1. The lowest BCUT2D eigenvalue weighted by Gasteiger charge is -2.53. The van der Waals surface area contributed by atoms with E-state index >= 15 is 0 Å². The van der Waals surface area contributed by atoms with Gasteiger partial charge in [0.15, 0.2) is 0 Å². The van der Waals surface area contributed by atoms with Crippen molar-refractivity contribution in [3.05, 3.63) is 37.5 Å². The summed E-state index contributed by atoms with van der Waals surface area (Å²) >= 11 is 0. The van der Waals surface area contributed by atoms with E-state index in [9.17, 15) is 4.79 Å². The van der Waals surface area contributed by atoms with E-state index in [2.05, 4.69) is 54.4 Å². The summed E-state index contributed by atoms with van der Waals surface area (Å²) in [6.07, 6.45) is 15.2. The molecule has 1 heteroatoms. The van der Waals surface area contributed by atoms with Gasteiger partial charge >= 0.3 is 0 Å². The van der Waals surface area contributed by atoms with Crippen molar-refractivity contribution in [1.82, 2.24) is 0 Å².